The Bertz CT molecular complexity index is 963. The number of phenols is 1. The van der Waals surface area contributed by atoms with Crippen LogP contribution in [0.2, 0.25) is 0 Å². The highest BCUT2D eigenvalue weighted by Gasteiger charge is 2.06. The van der Waals surface area contributed by atoms with Crippen LogP contribution in [-0.2, 0) is 0 Å². The van der Waals surface area contributed by atoms with Gasteiger partial charge in [0.1, 0.15) is 17.6 Å². The third-order valence-corrected chi connectivity index (χ3v) is 3.52. The largest absolute Gasteiger partial charge is 0.508 e. The molecule has 0 saturated carbocycles. The van der Waals surface area contributed by atoms with E-state index >= 15 is 0 Å². The van der Waals surface area contributed by atoms with Gasteiger partial charge in [-0.2, -0.15) is 0 Å². The van der Waals surface area contributed by atoms with Crippen LogP contribution in [0.5, 0.6) is 5.75 Å². The Labute approximate surface area is 132 Å². The molecule has 1 N–H and O–H groups in total. The summed E-state index contributed by atoms with van der Waals surface area (Å²) in [4.78, 5) is 24.5. The molecule has 0 bridgehead atoms. The summed E-state index contributed by atoms with van der Waals surface area (Å²) in [5.41, 5.74) is 2.05. The van der Waals surface area contributed by atoms with Crippen molar-refractivity contribution >= 4 is 22.8 Å². The quantitative estimate of drug-likeness (QED) is 0.592. The number of allylic oxidation sites excluding steroid dienone is 1. The van der Waals surface area contributed by atoms with Crippen molar-refractivity contribution in [3.8, 4) is 5.75 Å². The smallest absolute Gasteiger partial charge is 0.199 e. The number of aromatic hydroxyl groups is 1. The van der Waals surface area contributed by atoms with Crippen LogP contribution in [-0.4, -0.2) is 10.9 Å². The van der Waals surface area contributed by atoms with Gasteiger partial charge in [0.2, 0.25) is 0 Å². The SMILES string of the molecule is Cc1ccc2occ(/C=C/C(=O)c3ccc(O)cc3)c(=O)c2c1. The molecule has 0 fully saturated rings. The Morgan fingerprint density at radius 1 is 1.13 bits per heavy atom. The molecule has 4 nitrogen and oxygen atoms in total. The molecule has 3 rings (SSSR count). The van der Waals surface area contributed by atoms with E-state index in [-0.39, 0.29) is 17.0 Å². The number of carbonyl (C=O) groups is 1. The molecule has 0 radical (unpaired) electrons. The Kier molecular flexibility index (Phi) is 3.81. The zero-order valence-electron chi connectivity index (χ0n) is 12.4. The van der Waals surface area contributed by atoms with E-state index in [1.54, 1.807) is 12.1 Å². The number of benzene rings is 2. The van der Waals surface area contributed by atoms with Crippen molar-refractivity contribution in [2.45, 2.75) is 6.92 Å². The number of hydrogen-bond acceptors (Lipinski definition) is 4. The molecule has 4 heteroatoms. The fraction of sp³-hybridized carbons (Fsp3) is 0.0526. The van der Waals surface area contributed by atoms with Crippen molar-refractivity contribution in [3.05, 3.63) is 81.7 Å². The standard InChI is InChI=1S/C19H14O4/c1-12-2-9-18-16(10-12)19(22)14(11-23-18)5-8-17(21)13-3-6-15(20)7-4-13/h2-11,20H,1H3/b8-5+. The van der Waals surface area contributed by atoms with Gasteiger partial charge in [-0.15, -0.1) is 0 Å². The van der Waals surface area contributed by atoms with E-state index in [1.165, 1.54) is 42.7 Å². The minimum atomic E-state index is -0.256. The Balaban J connectivity index is 1.94. The van der Waals surface area contributed by atoms with E-state index in [2.05, 4.69) is 0 Å². The van der Waals surface area contributed by atoms with E-state index in [9.17, 15) is 14.7 Å². The van der Waals surface area contributed by atoms with Crippen LogP contribution >= 0.6 is 0 Å². The maximum Gasteiger partial charge on any atom is 0.199 e. The average Bonchev–Trinajstić information content (AvgIpc) is 2.55. The first-order valence-corrected chi connectivity index (χ1v) is 7.08. The van der Waals surface area contributed by atoms with Crippen molar-refractivity contribution in [1.82, 2.24) is 0 Å². The summed E-state index contributed by atoms with van der Waals surface area (Å²) >= 11 is 0. The zero-order valence-corrected chi connectivity index (χ0v) is 12.4. The summed E-state index contributed by atoms with van der Waals surface area (Å²) in [6, 6.07) is 11.3. The molecule has 3 aromatic rings. The maximum absolute atomic E-state index is 12.4. The van der Waals surface area contributed by atoms with Crippen molar-refractivity contribution in [2.24, 2.45) is 0 Å². The number of ketones is 1. The van der Waals surface area contributed by atoms with Crippen molar-refractivity contribution in [1.29, 1.82) is 0 Å². The summed E-state index contributed by atoms with van der Waals surface area (Å²) in [5.74, 6) is -0.162. The highest BCUT2D eigenvalue weighted by atomic mass is 16.3. The Hall–Kier alpha value is -3.14. The molecule has 0 aliphatic heterocycles. The zero-order chi connectivity index (χ0) is 16.4. The van der Waals surface area contributed by atoms with E-state index in [1.807, 2.05) is 13.0 Å². The van der Waals surface area contributed by atoms with Gasteiger partial charge < -0.3 is 9.52 Å². The van der Waals surface area contributed by atoms with E-state index in [0.717, 1.165) is 5.56 Å². The predicted molar refractivity (Wildman–Crippen MR) is 88.7 cm³/mol. The van der Waals surface area contributed by atoms with Gasteiger partial charge in [-0.05, 0) is 55.5 Å². The molecule has 114 valence electrons. The van der Waals surface area contributed by atoms with Gasteiger partial charge in [0.15, 0.2) is 11.2 Å². The minimum Gasteiger partial charge on any atom is -0.508 e. The average molecular weight is 306 g/mol. The monoisotopic (exact) mass is 306 g/mol. The second-order valence-corrected chi connectivity index (χ2v) is 5.26. The lowest BCUT2D eigenvalue weighted by atomic mass is 10.1. The number of rotatable bonds is 3. The van der Waals surface area contributed by atoms with E-state index < -0.39 is 0 Å². The normalized spacial score (nSPS) is 11.2. The summed E-state index contributed by atoms with van der Waals surface area (Å²) in [7, 11) is 0. The number of fused-ring (bicyclic) bond motifs is 1. The lowest BCUT2D eigenvalue weighted by Crippen LogP contribution is -2.05. The molecule has 0 amide bonds. The highest BCUT2D eigenvalue weighted by Crippen LogP contribution is 2.15. The first kappa shape index (κ1) is 14.8. The lowest BCUT2D eigenvalue weighted by molar-refractivity contribution is 0.104. The van der Waals surface area contributed by atoms with Crippen LogP contribution in [0.4, 0.5) is 0 Å². The molecule has 0 aliphatic rings. The third-order valence-electron chi connectivity index (χ3n) is 3.52. The Morgan fingerprint density at radius 3 is 2.61 bits per heavy atom. The summed E-state index contributed by atoms with van der Waals surface area (Å²) in [5, 5.41) is 9.71. The molecule has 0 aliphatic carbocycles. The van der Waals surface area contributed by atoms with Crippen LogP contribution in [0.25, 0.3) is 17.0 Å². The van der Waals surface area contributed by atoms with Gasteiger partial charge in [-0.3, -0.25) is 9.59 Å². The number of aryl methyl sites for hydroxylation is 1. The highest BCUT2D eigenvalue weighted by molar-refractivity contribution is 6.06. The van der Waals surface area contributed by atoms with Crippen molar-refractivity contribution in [3.63, 3.8) is 0 Å². The minimum absolute atomic E-state index is 0.0936. The molecular formula is C19H14O4. The molecule has 0 unspecified atom stereocenters. The van der Waals surface area contributed by atoms with Crippen LogP contribution in [0.3, 0.4) is 0 Å². The summed E-state index contributed by atoms with van der Waals surface area (Å²) < 4.78 is 5.44. The van der Waals surface area contributed by atoms with Crippen molar-refractivity contribution in [2.75, 3.05) is 0 Å². The van der Waals surface area contributed by atoms with E-state index in [4.69, 9.17) is 4.42 Å². The molecule has 0 atom stereocenters. The van der Waals surface area contributed by atoms with Gasteiger partial charge in [0.05, 0.1) is 10.9 Å². The van der Waals surface area contributed by atoms with Gasteiger partial charge in [0.25, 0.3) is 0 Å². The van der Waals surface area contributed by atoms with Crippen LogP contribution < -0.4 is 5.43 Å². The van der Waals surface area contributed by atoms with Crippen LogP contribution in [0, 0.1) is 6.92 Å². The fourth-order valence-electron chi connectivity index (χ4n) is 2.26. The van der Waals surface area contributed by atoms with Crippen LogP contribution in [0.1, 0.15) is 21.5 Å². The number of hydrogen-bond donors (Lipinski definition) is 1. The maximum atomic E-state index is 12.4. The fourth-order valence-corrected chi connectivity index (χ4v) is 2.26. The van der Waals surface area contributed by atoms with Gasteiger partial charge in [-0.1, -0.05) is 11.6 Å². The topological polar surface area (TPSA) is 67.5 Å². The van der Waals surface area contributed by atoms with Gasteiger partial charge in [0, 0.05) is 5.56 Å². The van der Waals surface area contributed by atoms with E-state index in [0.29, 0.717) is 22.1 Å². The van der Waals surface area contributed by atoms with Gasteiger partial charge >= 0.3 is 0 Å². The molecular weight excluding hydrogens is 292 g/mol. The molecule has 1 aromatic heterocycles. The predicted octanol–water partition coefficient (Wildman–Crippen LogP) is 3.70. The molecule has 2 aromatic carbocycles. The first-order valence-electron chi connectivity index (χ1n) is 7.08. The molecule has 0 spiro atoms. The number of phenolic OH excluding ortho intramolecular Hbond substituents is 1. The Morgan fingerprint density at radius 2 is 1.87 bits per heavy atom. The molecule has 1 heterocycles. The second kappa shape index (κ2) is 5.93. The third kappa shape index (κ3) is 3.06. The molecule has 0 saturated heterocycles. The van der Waals surface area contributed by atoms with Crippen molar-refractivity contribution < 1.29 is 14.3 Å². The first-order chi connectivity index (χ1) is 11.0. The summed E-state index contributed by atoms with van der Waals surface area (Å²) in [6.45, 7) is 1.90. The second-order valence-electron chi connectivity index (χ2n) is 5.26. The van der Waals surface area contributed by atoms with Gasteiger partial charge in [-0.25, -0.2) is 0 Å². The molecule has 23 heavy (non-hydrogen) atoms. The summed E-state index contributed by atoms with van der Waals surface area (Å²) in [6.07, 6.45) is 4.11. The number of carbonyl (C=O) groups excluding carboxylic acids is 1. The van der Waals surface area contributed by atoms with Crippen LogP contribution in [0.15, 0.2) is 64.0 Å². The lowest BCUT2D eigenvalue weighted by Gasteiger charge is -2.00.